The van der Waals surface area contributed by atoms with Crippen LogP contribution in [0.3, 0.4) is 0 Å². The second kappa shape index (κ2) is 15.7. The molecule has 2 unspecified atom stereocenters. The first kappa shape index (κ1) is 41.5. The molecule has 2 aliphatic heterocycles. The number of likely N-dealkylation sites (tertiary alicyclic amines) is 2. The number of H-pyrrole nitrogens is 1. The fourth-order valence-electron chi connectivity index (χ4n) is 8.02. The molecule has 6 aromatic rings. The molecule has 8 heterocycles. The van der Waals surface area contributed by atoms with Crippen LogP contribution in [0.25, 0.3) is 22.3 Å². The molecule has 2 amide bonds. The third-order valence-corrected chi connectivity index (χ3v) is 11.1. The topological polar surface area (TPSA) is 253 Å². The minimum absolute atomic E-state index is 0.145. The Morgan fingerprint density at radius 1 is 0.721 bits per heavy atom. The summed E-state index contributed by atoms with van der Waals surface area (Å²) in [7, 11) is 3.51. The Morgan fingerprint density at radius 2 is 1.18 bits per heavy atom. The van der Waals surface area contributed by atoms with Gasteiger partial charge < -0.3 is 42.4 Å². The van der Waals surface area contributed by atoms with Crippen LogP contribution in [-0.4, -0.2) is 118 Å². The van der Waals surface area contributed by atoms with E-state index in [1.807, 2.05) is 41.5 Å². The highest BCUT2D eigenvalue weighted by molar-refractivity contribution is 6.16. The molecule has 22 nitrogen and oxygen atoms in total. The molecule has 1 N–H and O–H groups in total. The Balaban J connectivity index is 0.000000142. The lowest BCUT2D eigenvalue weighted by Crippen LogP contribution is -2.36. The Labute approximate surface area is 352 Å². The highest BCUT2D eigenvalue weighted by Gasteiger charge is 2.61. The SMILES string of the molecule is CC(C)(C)OC(=O)N1C[C@@H]2C(c3noc(CCl)n3)[C@@H]2C1.Cn1cnc2nc[nH]c(=O)c21.Cn1cnc2ncn(Cc3nc(C4[C@H]5CN(C(=O)OC(C)(C)C)C[C@@H]45)no3)c(=O)c21. The number of hydrogen-bond donors (Lipinski definition) is 1. The van der Waals surface area contributed by atoms with Crippen molar-refractivity contribution in [1.29, 1.82) is 0 Å². The lowest BCUT2D eigenvalue weighted by atomic mass is 10.2. The number of nitrogens with zero attached hydrogens (tertiary/aromatic N) is 13. The van der Waals surface area contributed by atoms with Crippen molar-refractivity contribution >= 4 is 46.1 Å². The number of hydrogen-bond acceptors (Lipinski definition) is 16. The average molecular weight is 863 g/mol. The molecule has 0 bridgehead atoms. The van der Waals surface area contributed by atoms with Crippen LogP contribution in [0.5, 0.6) is 0 Å². The predicted octanol–water partition coefficient (Wildman–Crippen LogP) is 3.19. The van der Waals surface area contributed by atoms with Crippen molar-refractivity contribution in [3.63, 3.8) is 0 Å². The first-order chi connectivity index (χ1) is 28.9. The summed E-state index contributed by atoms with van der Waals surface area (Å²) < 4.78 is 25.9. The average Bonchev–Trinajstić information content (AvgIpc) is 3.76. The number of aromatic amines is 1. The van der Waals surface area contributed by atoms with E-state index in [-0.39, 0.29) is 41.6 Å². The molecular weight excluding hydrogens is 816 g/mol. The maximum Gasteiger partial charge on any atom is 0.410 e. The summed E-state index contributed by atoms with van der Waals surface area (Å²) >= 11 is 5.65. The van der Waals surface area contributed by atoms with Gasteiger partial charge in [-0.15, -0.1) is 11.6 Å². The number of alkyl halides is 1. The number of aromatic nitrogens is 12. The normalized spacial score (nSPS) is 22.6. The van der Waals surface area contributed by atoms with Crippen LogP contribution in [-0.2, 0) is 36.0 Å². The van der Waals surface area contributed by atoms with Gasteiger partial charge in [0.25, 0.3) is 11.1 Å². The van der Waals surface area contributed by atoms with E-state index in [1.54, 1.807) is 45.7 Å². The molecule has 23 heteroatoms. The Kier molecular flexibility index (Phi) is 10.7. The van der Waals surface area contributed by atoms with E-state index in [9.17, 15) is 19.2 Å². The molecule has 0 spiro atoms. The molecule has 324 valence electrons. The zero-order valence-electron chi connectivity index (χ0n) is 35.0. The van der Waals surface area contributed by atoms with Crippen LogP contribution >= 0.6 is 11.6 Å². The number of aryl methyl sites for hydroxylation is 2. The van der Waals surface area contributed by atoms with Crippen LogP contribution < -0.4 is 11.1 Å². The second-order valence-corrected chi connectivity index (χ2v) is 17.9. The van der Waals surface area contributed by atoms with Crippen LogP contribution in [0.4, 0.5) is 9.59 Å². The largest absolute Gasteiger partial charge is 0.444 e. The van der Waals surface area contributed by atoms with E-state index in [4.69, 9.17) is 30.1 Å². The molecule has 10 rings (SSSR count). The maximum absolute atomic E-state index is 12.6. The highest BCUT2D eigenvalue weighted by atomic mass is 35.5. The first-order valence-corrected chi connectivity index (χ1v) is 20.3. The summed E-state index contributed by atoms with van der Waals surface area (Å²) in [5, 5.41) is 8.07. The minimum Gasteiger partial charge on any atom is -0.444 e. The van der Waals surface area contributed by atoms with Gasteiger partial charge in [0.15, 0.2) is 34.0 Å². The lowest BCUT2D eigenvalue weighted by molar-refractivity contribution is 0.0260. The number of rotatable bonds is 5. The predicted molar refractivity (Wildman–Crippen MR) is 214 cm³/mol. The number of halogens is 1. The van der Waals surface area contributed by atoms with E-state index in [2.05, 4.69) is 45.2 Å². The van der Waals surface area contributed by atoms with Gasteiger partial charge in [0.1, 0.15) is 30.0 Å². The van der Waals surface area contributed by atoms with Gasteiger partial charge in [-0.25, -0.2) is 29.5 Å². The van der Waals surface area contributed by atoms with E-state index < -0.39 is 11.2 Å². The van der Waals surface area contributed by atoms with Gasteiger partial charge in [-0.2, -0.15) is 9.97 Å². The van der Waals surface area contributed by atoms with Crippen molar-refractivity contribution in [1.82, 2.24) is 68.7 Å². The monoisotopic (exact) mass is 862 g/mol. The van der Waals surface area contributed by atoms with E-state index in [1.165, 1.54) is 17.2 Å². The fraction of sp³-hybridized carbons (Fsp3) is 0.579. The number of nitrogens with one attached hydrogen (secondary N) is 1. The van der Waals surface area contributed by atoms with E-state index in [0.29, 0.717) is 95.7 Å². The van der Waals surface area contributed by atoms with Gasteiger partial charge in [-0.05, 0) is 65.2 Å². The summed E-state index contributed by atoms with van der Waals surface area (Å²) in [5.41, 5.74) is 0.500. The van der Waals surface area contributed by atoms with Crippen LogP contribution in [0.15, 0.2) is 43.9 Å². The molecule has 6 aromatic heterocycles. The van der Waals surface area contributed by atoms with Crippen LogP contribution in [0.1, 0.15) is 76.8 Å². The van der Waals surface area contributed by atoms with Crippen LogP contribution in [0, 0.1) is 23.7 Å². The van der Waals surface area contributed by atoms with Gasteiger partial charge >= 0.3 is 12.2 Å². The minimum atomic E-state index is -0.503. The molecule has 2 saturated carbocycles. The van der Waals surface area contributed by atoms with E-state index in [0.717, 1.165) is 5.82 Å². The standard InChI is InChI=1S/C19H23N7O4.C13H18ClN3O3.C6H6N4O/c1-19(2,3)29-18(28)25-5-10-11(6-25)13(10)15-22-12(30-23-15)7-26-9-21-16-14(17(26)27)24(4)8-20-16;1-13(2,3)19-12(18)17-5-7-8(6-17)10(7)11-15-9(4-14)20-16-11;1-10-3-9-5-4(10)6(11)8-2-7-5/h8-11,13H,5-7H2,1-4H3;7-8,10H,4-6H2,1-3H3;2-3H,1H3,(H,7,8,11)/t10-,11+,13?;7-,8+,10?;. The summed E-state index contributed by atoms with van der Waals surface area (Å²) in [6.45, 7) is 14.0. The summed E-state index contributed by atoms with van der Waals surface area (Å²) in [5.74, 6) is 4.35. The molecule has 4 aliphatic rings. The van der Waals surface area contributed by atoms with Crippen molar-refractivity contribution in [3.05, 3.63) is 69.4 Å². The van der Waals surface area contributed by atoms with Crippen LogP contribution in [0.2, 0.25) is 0 Å². The van der Waals surface area contributed by atoms with E-state index >= 15 is 0 Å². The third-order valence-electron chi connectivity index (χ3n) is 10.9. The number of piperidine rings is 2. The second-order valence-electron chi connectivity index (χ2n) is 17.7. The molecule has 0 radical (unpaired) electrons. The quantitative estimate of drug-likeness (QED) is 0.244. The van der Waals surface area contributed by atoms with Gasteiger partial charge in [0, 0.05) is 52.1 Å². The van der Waals surface area contributed by atoms with Gasteiger partial charge in [0.2, 0.25) is 11.8 Å². The van der Waals surface area contributed by atoms with Gasteiger partial charge in [-0.1, -0.05) is 10.3 Å². The Bertz CT molecular complexity index is 2680. The molecule has 6 atom stereocenters. The molecule has 4 fully saturated rings. The van der Waals surface area contributed by atoms with Crippen molar-refractivity contribution in [3.8, 4) is 0 Å². The number of carbonyl (C=O) groups is 2. The number of fused-ring (bicyclic) bond motifs is 4. The van der Waals surface area contributed by atoms with Gasteiger partial charge in [0.05, 0.1) is 19.0 Å². The smallest absolute Gasteiger partial charge is 0.410 e. The number of imidazole rings is 2. The summed E-state index contributed by atoms with van der Waals surface area (Å²) in [4.78, 5) is 78.7. The zero-order chi connectivity index (χ0) is 43.5. The maximum atomic E-state index is 12.6. The van der Waals surface area contributed by atoms with Crippen molar-refractivity contribution in [2.45, 2.75) is 77.0 Å². The zero-order valence-corrected chi connectivity index (χ0v) is 35.7. The fourth-order valence-corrected chi connectivity index (χ4v) is 8.13. The number of amides is 2. The van der Waals surface area contributed by atoms with Gasteiger partial charge in [-0.3, -0.25) is 14.2 Å². The molecule has 2 aliphatic carbocycles. The lowest BCUT2D eigenvalue weighted by Gasteiger charge is -2.25. The number of ether oxygens (including phenoxy) is 2. The number of carbonyl (C=O) groups excluding carboxylic acids is 2. The Morgan fingerprint density at radius 3 is 1.66 bits per heavy atom. The summed E-state index contributed by atoms with van der Waals surface area (Å²) in [6.07, 6.45) is 5.38. The highest BCUT2D eigenvalue weighted by Crippen LogP contribution is 2.58. The molecule has 0 aromatic carbocycles. The van der Waals surface area contributed by atoms with Crippen molar-refractivity contribution in [2.24, 2.45) is 37.8 Å². The molecule has 2 saturated heterocycles. The van der Waals surface area contributed by atoms with Crippen molar-refractivity contribution < 1.29 is 28.1 Å². The molecule has 61 heavy (non-hydrogen) atoms. The Hall–Kier alpha value is -6.19. The third kappa shape index (κ3) is 8.71. The molecular formula is C38H47ClN14O8. The first-order valence-electron chi connectivity index (χ1n) is 19.8. The van der Waals surface area contributed by atoms with Crippen molar-refractivity contribution in [2.75, 3.05) is 26.2 Å². The summed E-state index contributed by atoms with van der Waals surface area (Å²) in [6, 6.07) is 0.